The Morgan fingerprint density at radius 1 is 1.39 bits per heavy atom. The molecule has 1 aliphatic heterocycles. The third-order valence-corrected chi connectivity index (χ3v) is 3.48. The number of pyridine rings is 1. The molecule has 6 nitrogen and oxygen atoms in total. The number of nitrogens with zero attached hydrogens (tertiary/aromatic N) is 2. The lowest BCUT2D eigenvalue weighted by Gasteiger charge is -2.31. The summed E-state index contributed by atoms with van der Waals surface area (Å²) >= 11 is 0. The van der Waals surface area contributed by atoms with Crippen molar-refractivity contribution in [2.75, 3.05) is 19.7 Å². The van der Waals surface area contributed by atoms with Gasteiger partial charge in [-0.15, -0.1) is 0 Å². The van der Waals surface area contributed by atoms with Crippen molar-refractivity contribution in [3.8, 4) is 5.88 Å². The first kappa shape index (κ1) is 17.0. The molecule has 1 saturated heterocycles. The minimum atomic E-state index is -4.45. The number of primary amides is 1. The number of carbonyl (C=O) groups excluding carboxylic acids is 2. The van der Waals surface area contributed by atoms with Crippen LogP contribution in [0, 0.1) is 5.92 Å². The zero-order valence-electron chi connectivity index (χ0n) is 12.2. The predicted octanol–water partition coefficient (Wildman–Crippen LogP) is 1.36. The molecule has 0 spiro atoms. The summed E-state index contributed by atoms with van der Waals surface area (Å²) in [6, 6.07) is 2.55. The molecule has 0 aromatic carbocycles. The van der Waals surface area contributed by atoms with Crippen LogP contribution in [0.4, 0.5) is 13.2 Å². The monoisotopic (exact) mass is 331 g/mol. The third kappa shape index (κ3) is 4.83. The molecule has 1 unspecified atom stereocenters. The number of likely N-dealkylation sites (tertiary alicyclic amines) is 1. The zero-order chi connectivity index (χ0) is 17.0. The van der Waals surface area contributed by atoms with Gasteiger partial charge in [-0.2, -0.15) is 13.2 Å². The maximum absolute atomic E-state index is 12.3. The first-order valence-corrected chi connectivity index (χ1v) is 7.00. The Morgan fingerprint density at radius 2 is 2.13 bits per heavy atom. The van der Waals surface area contributed by atoms with Crippen molar-refractivity contribution in [1.29, 1.82) is 0 Å². The minimum Gasteiger partial charge on any atom is -0.468 e. The molecule has 1 aromatic heterocycles. The second kappa shape index (κ2) is 6.84. The summed E-state index contributed by atoms with van der Waals surface area (Å²) < 4.78 is 40.6. The summed E-state index contributed by atoms with van der Waals surface area (Å²) in [6.07, 6.45) is -1.99. The molecule has 1 aromatic rings. The Labute approximate surface area is 130 Å². The van der Waals surface area contributed by atoms with Gasteiger partial charge in [0.25, 0.3) is 5.91 Å². The Bertz CT molecular complexity index is 575. The summed E-state index contributed by atoms with van der Waals surface area (Å²) in [6.45, 7) is -0.713. The SMILES string of the molecule is NC(=O)C1CCCN(C(=O)c2ccc(OCC(F)(F)F)nc2)C1. The lowest BCUT2D eigenvalue weighted by atomic mass is 9.97. The van der Waals surface area contributed by atoms with Crippen molar-refractivity contribution >= 4 is 11.8 Å². The van der Waals surface area contributed by atoms with E-state index in [1.54, 1.807) is 0 Å². The van der Waals surface area contributed by atoms with E-state index in [0.29, 0.717) is 19.4 Å². The standard InChI is InChI=1S/C14H16F3N3O3/c15-14(16,17)8-23-11-4-3-9(6-19-11)13(22)20-5-1-2-10(7-20)12(18)21/h3-4,6,10H,1-2,5,7-8H2,(H2,18,21). The van der Waals surface area contributed by atoms with E-state index in [1.165, 1.54) is 17.0 Å². The van der Waals surface area contributed by atoms with Gasteiger partial charge in [0.2, 0.25) is 11.8 Å². The lowest BCUT2D eigenvalue weighted by Crippen LogP contribution is -2.44. The minimum absolute atomic E-state index is 0.215. The first-order valence-electron chi connectivity index (χ1n) is 7.00. The molecule has 23 heavy (non-hydrogen) atoms. The highest BCUT2D eigenvalue weighted by Gasteiger charge is 2.29. The van der Waals surface area contributed by atoms with Crippen LogP contribution in [0.3, 0.4) is 0 Å². The third-order valence-electron chi connectivity index (χ3n) is 3.48. The Hall–Kier alpha value is -2.32. The van der Waals surface area contributed by atoms with E-state index < -0.39 is 18.7 Å². The average Bonchev–Trinajstić information content (AvgIpc) is 2.52. The Balaban J connectivity index is 1.98. The largest absolute Gasteiger partial charge is 0.468 e. The van der Waals surface area contributed by atoms with Gasteiger partial charge in [0.1, 0.15) is 0 Å². The van der Waals surface area contributed by atoms with Crippen molar-refractivity contribution in [1.82, 2.24) is 9.88 Å². The van der Waals surface area contributed by atoms with E-state index in [1.807, 2.05) is 0 Å². The number of nitrogens with two attached hydrogens (primary N) is 1. The van der Waals surface area contributed by atoms with Gasteiger partial charge in [-0.1, -0.05) is 0 Å². The van der Waals surface area contributed by atoms with Crippen LogP contribution < -0.4 is 10.5 Å². The molecule has 1 atom stereocenters. The fourth-order valence-electron chi connectivity index (χ4n) is 2.32. The van der Waals surface area contributed by atoms with Crippen LogP contribution in [0.25, 0.3) is 0 Å². The van der Waals surface area contributed by atoms with Crippen molar-refractivity contribution in [3.63, 3.8) is 0 Å². The molecular weight excluding hydrogens is 315 g/mol. The molecular formula is C14H16F3N3O3. The fourth-order valence-corrected chi connectivity index (χ4v) is 2.32. The molecule has 0 aliphatic carbocycles. The molecule has 2 rings (SSSR count). The first-order chi connectivity index (χ1) is 10.8. The van der Waals surface area contributed by atoms with E-state index in [0.717, 1.165) is 6.20 Å². The quantitative estimate of drug-likeness (QED) is 0.903. The number of aromatic nitrogens is 1. The number of piperidine rings is 1. The van der Waals surface area contributed by atoms with Crippen LogP contribution in [0.1, 0.15) is 23.2 Å². The summed E-state index contributed by atoms with van der Waals surface area (Å²) in [5.41, 5.74) is 5.48. The van der Waals surface area contributed by atoms with Crippen molar-refractivity contribution < 1.29 is 27.5 Å². The van der Waals surface area contributed by atoms with Gasteiger partial charge in [0.05, 0.1) is 11.5 Å². The zero-order valence-corrected chi connectivity index (χ0v) is 12.2. The molecule has 2 amide bonds. The Kier molecular flexibility index (Phi) is 5.07. The van der Waals surface area contributed by atoms with Gasteiger partial charge in [0.15, 0.2) is 6.61 Å². The van der Waals surface area contributed by atoms with Crippen LogP contribution in [-0.2, 0) is 4.79 Å². The van der Waals surface area contributed by atoms with E-state index in [2.05, 4.69) is 9.72 Å². The Morgan fingerprint density at radius 3 is 2.70 bits per heavy atom. The van der Waals surface area contributed by atoms with Crippen molar-refractivity contribution in [2.45, 2.75) is 19.0 Å². The second-order valence-electron chi connectivity index (χ2n) is 5.28. The van der Waals surface area contributed by atoms with Crippen LogP contribution in [0.2, 0.25) is 0 Å². The molecule has 0 radical (unpaired) electrons. The molecule has 126 valence electrons. The van der Waals surface area contributed by atoms with Crippen LogP contribution in [0.5, 0.6) is 5.88 Å². The summed E-state index contributed by atoms with van der Waals surface area (Å²) in [4.78, 5) is 28.7. The van der Waals surface area contributed by atoms with Gasteiger partial charge in [0, 0.05) is 25.4 Å². The number of rotatable bonds is 4. The molecule has 1 fully saturated rings. The molecule has 2 N–H and O–H groups in total. The highest BCUT2D eigenvalue weighted by Crippen LogP contribution is 2.20. The van der Waals surface area contributed by atoms with Gasteiger partial charge in [-0.25, -0.2) is 4.98 Å². The summed E-state index contributed by atoms with van der Waals surface area (Å²) in [7, 11) is 0. The second-order valence-corrected chi connectivity index (χ2v) is 5.28. The molecule has 0 saturated carbocycles. The summed E-state index contributed by atoms with van der Waals surface area (Å²) in [5.74, 6) is -1.38. The maximum Gasteiger partial charge on any atom is 0.422 e. The number of hydrogen-bond acceptors (Lipinski definition) is 4. The fraction of sp³-hybridized carbons (Fsp3) is 0.500. The number of alkyl halides is 3. The van der Waals surface area contributed by atoms with Crippen LogP contribution in [-0.4, -0.2) is 47.6 Å². The number of halogens is 3. The van der Waals surface area contributed by atoms with Gasteiger partial charge >= 0.3 is 6.18 Å². The van der Waals surface area contributed by atoms with Gasteiger partial charge < -0.3 is 15.4 Å². The number of hydrogen-bond donors (Lipinski definition) is 1. The molecule has 2 heterocycles. The predicted molar refractivity (Wildman–Crippen MR) is 73.6 cm³/mol. The van der Waals surface area contributed by atoms with Gasteiger partial charge in [-0.05, 0) is 18.9 Å². The van der Waals surface area contributed by atoms with E-state index >= 15 is 0 Å². The molecule has 0 bridgehead atoms. The van der Waals surface area contributed by atoms with Crippen LogP contribution in [0.15, 0.2) is 18.3 Å². The smallest absolute Gasteiger partial charge is 0.422 e. The highest BCUT2D eigenvalue weighted by atomic mass is 19.4. The number of carbonyl (C=O) groups is 2. The summed E-state index contributed by atoms with van der Waals surface area (Å²) in [5, 5.41) is 0. The highest BCUT2D eigenvalue weighted by molar-refractivity contribution is 5.94. The molecule has 9 heteroatoms. The van der Waals surface area contributed by atoms with Crippen molar-refractivity contribution in [2.24, 2.45) is 11.7 Å². The van der Waals surface area contributed by atoms with Crippen LogP contribution >= 0.6 is 0 Å². The van der Waals surface area contributed by atoms with E-state index in [4.69, 9.17) is 5.73 Å². The van der Waals surface area contributed by atoms with E-state index in [-0.39, 0.29) is 29.8 Å². The molecule has 1 aliphatic rings. The van der Waals surface area contributed by atoms with Crippen molar-refractivity contribution in [3.05, 3.63) is 23.9 Å². The normalized spacial score (nSPS) is 18.6. The van der Waals surface area contributed by atoms with Gasteiger partial charge in [-0.3, -0.25) is 9.59 Å². The van der Waals surface area contributed by atoms with E-state index in [9.17, 15) is 22.8 Å². The lowest BCUT2D eigenvalue weighted by molar-refractivity contribution is -0.154. The average molecular weight is 331 g/mol. The topological polar surface area (TPSA) is 85.5 Å². The maximum atomic E-state index is 12.3. The number of amides is 2. The number of ether oxygens (including phenoxy) is 1.